The number of sulfonamides is 1. The van der Waals surface area contributed by atoms with Gasteiger partial charge in [0.25, 0.3) is 11.6 Å². The van der Waals surface area contributed by atoms with Crippen LogP contribution in [0.15, 0.2) is 47.4 Å². The van der Waals surface area contributed by atoms with E-state index in [0.29, 0.717) is 13.1 Å². The molecule has 2 aromatic rings. The molecule has 10 heteroatoms. The first-order valence-corrected chi connectivity index (χ1v) is 10.5. The van der Waals surface area contributed by atoms with Gasteiger partial charge in [-0.05, 0) is 31.0 Å². The number of nitro benzene ring substituents is 1. The van der Waals surface area contributed by atoms with Crippen molar-refractivity contribution in [2.24, 2.45) is 0 Å². The second-order valence-corrected chi connectivity index (χ2v) is 8.53. The molecule has 0 aromatic heterocycles. The molecule has 0 radical (unpaired) electrons. The zero-order valence-corrected chi connectivity index (χ0v) is 16.6. The van der Waals surface area contributed by atoms with Crippen LogP contribution in [0.1, 0.15) is 29.6 Å². The van der Waals surface area contributed by atoms with E-state index in [1.807, 2.05) is 0 Å². The molecular weight excluding hydrogens is 398 g/mol. The molecule has 0 bridgehead atoms. The summed E-state index contributed by atoms with van der Waals surface area (Å²) in [5, 5.41) is 13.5. The molecule has 0 aliphatic carbocycles. The molecule has 3 rings (SSSR count). The summed E-state index contributed by atoms with van der Waals surface area (Å²) in [6, 6.07) is 9.55. The van der Waals surface area contributed by atoms with Crippen molar-refractivity contribution < 1.29 is 22.9 Å². The van der Waals surface area contributed by atoms with Crippen LogP contribution in [0.3, 0.4) is 0 Å². The minimum atomic E-state index is -3.64. The molecule has 1 heterocycles. The number of hydrogen-bond acceptors (Lipinski definition) is 6. The fourth-order valence-corrected chi connectivity index (χ4v) is 4.68. The number of ether oxygens (including phenoxy) is 1. The van der Waals surface area contributed by atoms with E-state index in [-0.39, 0.29) is 27.6 Å². The summed E-state index contributed by atoms with van der Waals surface area (Å²) in [6.45, 7) is 0.964. The molecule has 1 saturated heterocycles. The van der Waals surface area contributed by atoms with Crippen LogP contribution in [0.25, 0.3) is 0 Å². The van der Waals surface area contributed by atoms with E-state index < -0.39 is 20.9 Å². The van der Waals surface area contributed by atoms with E-state index in [2.05, 4.69) is 5.32 Å². The number of carbonyl (C=O) groups is 1. The van der Waals surface area contributed by atoms with E-state index in [9.17, 15) is 23.3 Å². The lowest BCUT2D eigenvalue weighted by Crippen LogP contribution is -2.35. The van der Waals surface area contributed by atoms with Crippen molar-refractivity contribution in [3.8, 4) is 5.75 Å². The number of benzene rings is 2. The van der Waals surface area contributed by atoms with Crippen LogP contribution >= 0.6 is 0 Å². The Balaban J connectivity index is 1.85. The summed E-state index contributed by atoms with van der Waals surface area (Å²) in [5.41, 5.74) is 0.167. The Morgan fingerprint density at radius 2 is 1.86 bits per heavy atom. The minimum absolute atomic E-state index is 0.0876. The van der Waals surface area contributed by atoms with Gasteiger partial charge in [-0.1, -0.05) is 12.5 Å². The molecule has 0 unspecified atom stereocenters. The lowest BCUT2D eigenvalue weighted by molar-refractivity contribution is -0.384. The molecule has 154 valence electrons. The minimum Gasteiger partial charge on any atom is -0.495 e. The van der Waals surface area contributed by atoms with Crippen LogP contribution in [0.4, 0.5) is 11.4 Å². The third-order valence-corrected chi connectivity index (χ3v) is 6.59. The first-order valence-electron chi connectivity index (χ1n) is 9.07. The Hall–Kier alpha value is -2.98. The molecule has 0 spiro atoms. The van der Waals surface area contributed by atoms with Crippen molar-refractivity contribution in [1.29, 1.82) is 0 Å². The van der Waals surface area contributed by atoms with Gasteiger partial charge in [0.2, 0.25) is 10.0 Å². The third-order valence-electron chi connectivity index (χ3n) is 4.69. The number of non-ortho nitro benzene ring substituents is 1. The first kappa shape index (κ1) is 20.7. The maximum Gasteiger partial charge on any atom is 0.270 e. The third kappa shape index (κ3) is 4.54. The number of hydrogen-bond donors (Lipinski definition) is 1. The summed E-state index contributed by atoms with van der Waals surface area (Å²) in [6.07, 6.45) is 2.67. The van der Waals surface area contributed by atoms with Gasteiger partial charge in [-0.15, -0.1) is 0 Å². The van der Waals surface area contributed by atoms with Gasteiger partial charge >= 0.3 is 0 Å². The molecule has 0 atom stereocenters. The summed E-state index contributed by atoms with van der Waals surface area (Å²) in [7, 11) is -2.27. The first-order chi connectivity index (χ1) is 13.8. The van der Waals surface area contributed by atoms with Crippen molar-refractivity contribution in [3.05, 3.63) is 58.1 Å². The number of nitrogens with one attached hydrogen (secondary N) is 1. The second kappa shape index (κ2) is 8.58. The van der Waals surface area contributed by atoms with Gasteiger partial charge in [-0.2, -0.15) is 4.31 Å². The standard InChI is InChI=1S/C19H21N3O6S/c1-28-18-13-16(29(26,27)21-10-3-2-4-11-21)8-9-17(18)20-19(23)14-6-5-7-15(12-14)22(24)25/h5-9,12-13H,2-4,10-11H2,1H3,(H,20,23). The Bertz CT molecular complexity index is 1030. The Morgan fingerprint density at radius 3 is 2.52 bits per heavy atom. The topological polar surface area (TPSA) is 119 Å². The largest absolute Gasteiger partial charge is 0.495 e. The molecule has 1 fully saturated rings. The van der Waals surface area contributed by atoms with E-state index in [1.54, 1.807) is 0 Å². The highest BCUT2D eigenvalue weighted by atomic mass is 32.2. The van der Waals surface area contributed by atoms with E-state index in [4.69, 9.17) is 4.74 Å². The van der Waals surface area contributed by atoms with E-state index in [0.717, 1.165) is 25.3 Å². The monoisotopic (exact) mass is 419 g/mol. The fraction of sp³-hybridized carbons (Fsp3) is 0.316. The number of anilines is 1. The van der Waals surface area contributed by atoms with Crippen LogP contribution in [-0.4, -0.2) is 43.8 Å². The number of methoxy groups -OCH3 is 1. The van der Waals surface area contributed by atoms with Crippen molar-refractivity contribution in [3.63, 3.8) is 0 Å². The van der Waals surface area contributed by atoms with Crippen LogP contribution in [0.5, 0.6) is 5.75 Å². The predicted octanol–water partition coefficient (Wildman–Crippen LogP) is 3.03. The molecule has 29 heavy (non-hydrogen) atoms. The zero-order chi connectivity index (χ0) is 21.0. The van der Waals surface area contributed by atoms with Crippen LogP contribution in [0.2, 0.25) is 0 Å². The summed E-state index contributed by atoms with van der Waals surface area (Å²) in [5.74, 6) is -0.388. The van der Waals surface area contributed by atoms with Crippen molar-refractivity contribution >= 4 is 27.3 Å². The van der Waals surface area contributed by atoms with E-state index in [1.165, 1.54) is 47.8 Å². The number of piperidine rings is 1. The zero-order valence-electron chi connectivity index (χ0n) is 15.8. The number of rotatable bonds is 6. The smallest absolute Gasteiger partial charge is 0.270 e. The fourth-order valence-electron chi connectivity index (χ4n) is 3.14. The van der Waals surface area contributed by atoms with Crippen LogP contribution in [-0.2, 0) is 10.0 Å². The van der Waals surface area contributed by atoms with Gasteiger partial charge in [0, 0.05) is 36.9 Å². The van der Waals surface area contributed by atoms with Gasteiger partial charge in [-0.3, -0.25) is 14.9 Å². The second-order valence-electron chi connectivity index (χ2n) is 6.59. The van der Waals surface area contributed by atoms with Crippen LogP contribution in [0, 0.1) is 10.1 Å². The molecule has 1 aliphatic heterocycles. The molecule has 1 aliphatic rings. The number of carbonyl (C=O) groups excluding carboxylic acids is 1. The van der Waals surface area contributed by atoms with Gasteiger partial charge in [0.05, 0.1) is 22.6 Å². The van der Waals surface area contributed by atoms with Gasteiger partial charge < -0.3 is 10.1 Å². The molecule has 1 amide bonds. The normalized spacial score (nSPS) is 14.9. The average molecular weight is 419 g/mol. The molecule has 1 N–H and O–H groups in total. The highest BCUT2D eigenvalue weighted by Gasteiger charge is 2.27. The molecule has 9 nitrogen and oxygen atoms in total. The lowest BCUT2D eigenvalue weighted by atomic mass is 10.2. The van der Waals surface area contributed by atoms with Crippen LogP contribution < -0.4 is 10.1 Å². The average Bonchev–Trinajstić information content (AvgIpc) is 2.74. The summed E-state index contributed by atoms with van der Waals surface area (Å²) in [4.78, 5) is 22.9. The lowest BCUT2D eigenvalue weighted by Gasteiger charge is -2.26. The molecule has 2 aromatic carbocycles. The highest BCUT2D eigenvalue weighted by molar-refractivity contribution is 7.89. The SMILES string of the molecule is COc1cc(S(=O)(=O)N2CCCCC2)ccc1NC(=O)c1cccc([N+](=O)[O-])c1. The summed E-state index contributed by atoms with van der Waals surface area (Å²) < 4.78 is 32.4. The van der Waals surface area contributed by atoms with Gasteiger partial charge in [0.1, 0.15) is 5.75 Å². The van der Waals surface area contributed by atoms with Crippen molar-refractivity contribution in [1.82, 2.24) is 4.31 Å². The van der Waals surface area contributed by atoms with Gasteiger partial charge in [-0.25, -0.2) is 8.42 Å². The maximum absolute atomic E-state index is 12.8. The number of nitro groups is 1. The number of amides is 1. The molecule has 0 saturated carbocycles. The Kier molecular flexibility index (Phi) is 6.14. The quantitative estimate of drug-likeness (QED) is 0.568. The molecular formula is C19H21N3O6S. The van der Waals surface area contributed by atoms with Crippen molar-refractivity contribution in [2.45, 2.75) is 24.2 Å². The highest BCUT2D eigenvalue weighted by Crippen LogP contribution is 2.30. The van der Waals surface area contributed by atoms with E-state index >= 15 is 0 Å². The predicted molar refractivity (Wildman–Crippen MR) is 107 cm³/mol. The number of nitrogens with zero attached hydrogens (tertiary/aromatic N) is 2. The Labute approximate surface area is 168 Å². The van der Waals surface area contributed by atoms with Crippen molar-refractivity contribution in [2.75, 3.05) is 25.5 Å². The summed E-state index contributed by atoms with van der Waals surface area (Å²) >= 11 is 0. The maximum atomic E-state index is 12.8. The Morgan fingerprint density at radius 1 is 1.14 bits per heavy atom. The van der Waals surface area contributed by atoms with Gasteiger partial charge in [0.15, 0.2) is 0 Å².